The first-order valence-corrected chi connectivity index (χ1v) is 10.4. The van der Waals surface area contributed by atoms with E-state index in [1.54, 1.807) is 41.4 Å². The molecule has 7 nitrogen and oxygen atoms in total. The van der Waals surface area contributed by atoms with Crippen molar-refractivity contribution in [3.05, 3.63) is 90.2 Å². The Hall–Kier alpha value is -3.52. The number of nitrogens with zero attached hydrogens (tertiary/aromatic N) is 5. The van der Waals surface area contributed by atoms with E-state index in [4.69, 9.17) is 0 Å². The van der Waals surface area contributed by atoms with Gasteiger partial charge < -0.3 is 9.71 Å². The highest BCUT2D eigenvalue weighted by atomic mass is 32.2. The summed E-state index contributed by atoms with van der Waals surface area (Å²) >= 11 is 0. The van der Waals surface area contributed by atoms with Crippen LogP contribution >= 0.6 is 0 Å². The molecule has 4 aromatic rings. The first-order chi connectivity index (χ1) is 14.0. The molecule has 4 rings (SSSR count). The van der Waals surface area contributed by atoms with Crippen LogP contribution in [-0.2, 0) is 16.6 Å². The molecule has 0 unspecified atom stereocenters. The zero-order chi connectivity index (χ0) is 20.4. The Balaban J connectivity index is 1.83. The summed E-state index contributed by atoms with van der Waals surface area (Å²) in [6.07, 6.45) is 7.18. The molecular formula is C21H19N5O2S. The Bertz CT molecular complexity index is 1290. The molecule has 0 N–H and O–H groups in total. The summed E-state index contributed by atoms with van der Waals surface area (Å²) in [5, 5.41) is 0. The Labute approximate surface area is 169 Å². The van der Waals surface area contributed by atoms with Crippen LogP contribution in [0.3, 0.4) is 0 Å². The molecule has 0 saturated carbocycles. The van der Waals surface area contributed by atoms with E-state index in [2.05, 4.69) is 21.3 Å². The van der Waals surface area contributed by atoms with E-state index in [9.17, 15) is 8.42 Å². The molecule has 2 heterocycles. The standard InChI is InChI=1S/C21H19N5O2S/c1-3-12-25-13-14-26(15-25)21-20(22-18-6-4-5-7-19(18)23-21)24-29(27,28)17-10-8-16(2)9-11-17/h3-11,13-15H,1,12H2,2H3. The van der Waals surface area contributed by atoms with E-state index in [0.717, 1.165) is 5.56 Å². The van der Waals surface area contributed by atoms with Crippen molar-refractivity contribution in [1.29, 1.82) is 0 Å². The minimum absolute atomic E-state index is 0.0330. The van der Waals surface area contributed by atoms with Gasteiger partial charge in [0, 0.05) is 5.82 Å². The van der Waals surface area contributed by atoms with Gasteiger partial charge in [-0.05, 0) is 30.6 Å². The molecule has 0 amide bonds. The number of aryl methyl sites for hydroxylation is 1. The summed E-state index contributed by atoms with van der Waals surface area (Å²) in [5.74, 6) is 0.368. The average Bonchev–Trinajstić information content (AvgIpc) is 3.16. The van der Waals surface area contributed by atoms with Crippen molar-refractivity contribution in [3.63, 3.8) is 0 Å². The van der Waals surface area contributed by atoms with Crippen LogP contribution in [0.25, 0.3) is 21.6 Å². The van der Waals surface area contributed by atoms with Gasteiger partial charge in [0.1, 0.15) is 18.9 Å². The third-order valence-electron chi connectivity index (χ3n) is 4.34. The van der Waals surface area contributed by atoms with Gasteiger partial charge in [0.2, 0.25) is 22.2 Å². The summed E-state index contributed by atoms with van der Waals surface area (Å²) in [6.45, 7) is 6.24. The highest BCUT2D eigenvalue weighted by Crippen LogP contribution is 2.32. The number of allylic oxidation sites excluding steroid dienone is 1. The molecule has 29 heavy (non-hydrogen) atoms. The number of hydrogen-bond acceptors (Lipinski definition) is 4. The summed E-state index contributed by atoms with van der Waals surface area (Å²) < 4.78 is 33.4. The number of aromatic nitrogens is 4. The van der Waals surface area contributed by atoms with Crippen molar-refractivity contribution in [2.45, 2.75) is 18.4 Å². The molecular weight excluding hydrogens is 386 g/mol. The van der Waals surface area contributed by atoms with Crippen molar-refractivity contribution in [3.8, 4) is 5.82 Å². The molecule has 0 aliphatic rings. The Kier molecular flexibility index (Phi) is 4.85. The second kappa shape index (κ2) is 7.48. The molecule has 8 heteroatoms. The molecule has 0 aliphatic heterocycles. The molecule has 0 fully saturated rings. The van der Waals surface area contributed by atoms with E-state index < -0.39 is 10.0 Å². The van der Waals surface area contributed by atoms with Gasteiger partial charge >= 0.3 is 0 Å². The number of para-hydroxylation sites is 2. The first kappa shape index (κ1) is 18.8. The normalized spacial score (nSPS) is 11.5. The molecule has 0 spiro atoms. The van der Waals surface area contributed by atoms with Crippen LogP contribution in [0.2, 0.25) is 0 Å². The molecule has 0 saturated heterocycles. The Morgan fingerprint density at radius 1 is 1.10 bits per heavy atom. The van der Waals surface area contributed by atoms with Gasteiger partial charge in [-0.25, -0.2) is 18.0 Å². The van der Waals surface area contributed by atoms with Crippen molar-refractivity contribution in [2.24, 2.45) is 0 Å². The lowest BCUT2D eigenvalue weighted by molar-refractivity contribution is -0.686. The smallest absolute Gasteiger partial charge is 0.250 e. The van der Waals surface area contributed by atoms with Gasteiger partial charge in [-0.3, -0.25) is 0 Å². The van der Waals surface area contributed by atoms with Crippen molar-refractivity contribution < 1.29 is 13.0 Å². The number of fused-ring (bicyclic) bond motifs is 1. The molecule has 146 valence electrons. The van der Waals surface area contributed by atoms with Crippen molar-refractivity contribution >= 4 is 26.9 Å². The number of hydrogen-bond donors (Lipinski definition) is 0. The largest absolute Gasteiger partial charge is 0.429 e. The van der Waals surface area contributed by atoms with Gasteiger partial charge in [-0.15, -0.1) is 0 Å². The highest BCUT2D eigenvalue weighted by molar-refractivity contribution is 7.94. The number of benzene rings is 2. The number of rotatable bonds is 6. The fourth-order valence-electron chi connectivity index (χ4n) is 2.87. The predicted molar refractivity (Wildman–Crippen MR) is 111 cm³/mol. The van der Waals surface area contributed by atoms with Crippen LogP contribution in [-0.4, -0.2) is 23.0 Å². The topological polar surface area (TPSA) is 82.8 Å². The molecule has 0 atom stereocenters. The van der Waals surface area contributed by atoms with Crippen LogP contribution in [0.5, 0.6) is 0 Å². The van der Waals surface area contributed by atoms with Crippen LogP contribution in [0.15, 0.2) is 84.8 Å². The number of sulfonamides is 1. The summed E-state index contributed by atoms with van der Waals surface area (Å²) in [4.78, 5) is 9.20. The fraction of sp³-hybridized carbons (Fsp3) is 0.0952. The van der Waals surface area contributed by atoms with Crippen molar-refractivity contribution in [2.75, 3.05) is 0 Å². The lowest BCUT2D eigenvalue weighted by atomic mass is 10.2. The average molecular weight is 405 g/mol. The van der Waals surface area contributed by atoms with Gasteiger partial charge in [0.15, 0.2) is 0 Å². The molecule has 0 aliphatic carbocycles. The zero-order valence-corrected chi connectivity index (χ0v) is 16.6. The summed E-state index contributed by atoms with van der Waals surface area (Å²) in [5.41, 5.74) is 2.19. The van der Waals surface area contributed by atoms with Crippen LogP contribution < -0.4 is 4.57 Å². The maximum absolute atomic E-state index is 12.9. The summed E-state index contributed by atoms with van der Waals surface area (Å²) in [6, 6.07) is 13.8. The maximum Gasteiger partial charge on any atom is 0.250 e. The molecule has 0 bridgehead atoms. The third-order valence-corrected chi connectivity index (χ3v) is 5.62. The lowest BCUT2D eigenvalue weighted by Crippen LogP contribution is -2.29. The van der Waals surface area contributed by atoms with Gasteiger partial charge in [0.05, 0.1) is 10.4 Å². The van der Waals surface area contributed by atoms with Crippen molar-refractivity contribution in [1.82, 2.24) is 14.5 Å². The minimum atomic E-state index is -3.95. The Morgan fingerprint density at radius 3 is 2.48 bits per heavy atom. The second-order valence-corrected chi connectivity index (χ2v) is 8.15. The van der Waals surface area contributed by atoms with E-state index in [1.165, 1.54) is 12.1 Å². The predicted octanol–water partition coefficient (Wildman–Crippen LogP) is 3.60. The third kappa shape index (κ3) is 3.88. The molecule has 2 aromatic carbocycles. The number of imidazole rings is 1. The molecule has 0 radical (unpaired) electrons. The maximum atomic E-state index is 12.9. The lowest BCUT2D eigenvalue weighted by Gasteiger charge is -2.18. The van der Waals surface area contributed by atoms with Crippen LogP contribution in [0, 0.1) is 6.92 Å². The van der Waals surface area contributed by atoms with Gasteiger partial charge in [-0.1, -0.05) is 48.6 Å². The first-order valence-electron chi connectivity index (χ1n) is 8.96. The van der Waals surface area contributed by atoms with E-state index in [-0.39, 0.29) is 10.7 Å². The minimum Gasteiger partial charge on any atom is -0.429 e. The van der Waals surface area contributed by atoms with E-state index in [1.807, 2.05) is 35.9 Å². The highest BCUT2D eigenvalue weighted by Gasteiger charge is 2.16. The van der Waals surface area contributed by atoms with Crippen LogP contribution in [0.1, 0.15) is 5.56 Å². The van der Waals surface area contributed by atoms with Gasteiger partial charge in [0.25, 0.3) is 0 Å². The quantitative estimate of drug-likeness (QED) is 0.362. The van der Waals surface area contributed by atoms with E-state index >= 15 is 0 Å². The zero-order valence-electron chi connectivity index (χ0n) is 15.8. The fourth-order valence-corrected chi connectivity index (χ4v) is 3.80. The monoisotopic (exact) mass is 405 g/mol. The Morgan fingerprint density at radius 2 is 1.79 bits per heavy atom. The summed E-state index contributed by atoms with van der Waals surface area (Å²) in [7, 11) is -3.95. The molecule has 2 aromatic heterocycles. The SMILES string of the molecule is C=CC[n+]1ccn(-c2nc3ccccc3nc2[N-]S(=O)(=O)c2ccc(C)cc2)c1. The van der Waals surface area contributed by atoms with Crippen LogP contribution in [0.4, 0.5) is 5.82 Å². The van der Waals surface area contributed by atoms with Gasteiger partial charge in [-0.2, -0.15) is 4.57 Å². The van der Waals surface area contributed by atoms with E-state index in [0.29, 0.717) is 23.4 Å². The second-order valence-electron chi connectivity index (χ2n) is 6.55.